The number of carbonyl (C=O) groups excluding carboxylic acids is 3. The van der Waals surface area contributed by atoms with Crippen LogP contribution in [0.2, 0.25) is 0 Å². The molecule has 1 saturated heterocycles. The van der Waals surface area contributed by atoms with Crippen molar-refractivity contribution >= 4 is 23.3 Å². The smallest absolute Gasteiger partial charge is 0.292 e. The zero-order chi connectivity index (χ0) is 20.8. The lowest BCUT2D eigenvalue weighted by molar-refractivity contribution is -0.132. The van der Waals surface area contributed by atoms with Gasteiger partial charge in [0.2, 0.25) is 11.7 Å². The minimum atomic E-state index is -0.790. The number of ether oxygens (including phenoxy) is 1. The Morgan fingerprint density at radius 1 is 0.931 bits per heavy atom. The summed E-state index contributed by atoms with van der Waals surface area (Å²) in [7, 11) is 1.52. The fraction of sp³-hybridized carbons (Fsp3) is 0.318. The molecule has 2 aromatic carbocycles. The highest BCUT2D eigenvalue weighted by atomic mass is 16.5. The summed E-state index contributed by atoms with van der Waals surface area (Å²) >= 11 is 0. The minimum absolute atomic E-state index is 0.189. The molecule has 29 heavy (non-hydrogen) atoms. The van der Waals surface area contributed by atoms with Crippen LogP contribution in [0.5, 0.6) is 5.75 Å². The number of hydrogen-bond acceptors (Lipinski definition) is 5. The molecule has 0 aliphatic carbocycles. The third-order valence-corrected chi connectivity index (χ3v) is 4.99. The Morgan fingerprint density at radius 2 is 1.55 bits per heavy atom. The zero-order valence-electron chi connectivity index (χ0n) is 16.7. The van der Waals surface area contributed by atoms with Crippen LogP contribution in [0, 0.1) is 6.92 Å². The van der Waals surface area contributed by atoms with Crippen molar-refractivity contribution in [3.8, 4) is 5.75 Å². The van der Waals surface area contributed by atoms with Crippen LogP contribution in [0.25, 0.3) is 0 Å². The molecule has 0 bridgehead atoms. The average Bonchev–Trinajstić information content (AvgIpc) is 2.77. The van der Waals surface area contributed by atoms with Gasteiger partial charge in [0.25, 0.3) is 5.91 Å². The van der Waals surface area contributed by atoms with Crippen molar-refractivity contribution < 1.29 is 19.1 Å². The summed E-state index contributed by atoms with van der Waals surface area (Å²) in [4.78, 5) is 40.6. The molecule has 7 heteroatoms. The second-order valence-electron chi connectivity index (χ2n) is 6.94. The lowest BCUT2D eigenvalue weighted by atomic mass is 10.1. The number of nitrogens with zero attached hydrogens (tertiary/aromatic N) is 2. The Bertz CT molecular complexity index is 870. The topological polar surface area (TPSA) is 78.9 Å². The predicted molar refractivity (Wildman–Crippen MR) is 110 cm³/mol. The van der Waals surface area contributed by atoms with Gasteiger partial charge in [0.05, 0.1) is 13.7 Å². The number of ketones is 1. The van der Waals surface area contributed by atoms with Crippen molar-refractivity contribution in [1.82, 2.24) is 10.2 Å². The van der Waals surface area contributed by atoms with E-state index >= 15 is 0 Å². The maximum atomic E-state index is 12.4. The van der Waals surface area contributed by atoms with Crippen molar-refractivity contribution in [2.45, 2.75) is 6.92 Å². The molecular weight excluding hydrogens is 370 g/mol. The quantitative estimate of drug-likeness (QED) is 0.594. The van der Waals surface area contributed by atoms with Gasteiger partial charge in [-0.3, -0.25) is 14.4 Å². The van der Waals surface area contributed by atoms with Crippen molar-refractivity contribution in [1.29, 1.82) is 0 Å². The highest BCUT2D eigenvalue weighted by Crippen LogP contribution is 2.17. The number of anilines is 1. The van der Waals surface area contributed by atoms with E-state index in [0.29, 0.717) is 18.8 Å². The van der Waals surface area contributed by atoms with Crippen LogP contribution in [0.3, 0.4) is 0 Å². The monoisotopic (exact) mass is 395 g/mol. The van der Waals surface area contributed by atoms with E-state index in [4.69, 9.17) is 4.74 Å². The number of carbonyl (C=O) groups is 3. The summed E-state index contributed by atoms with van der Waals surface area (Å²) in [6, 6.07) is 14.6. The standard InChI is InChI=1S/C22H25N3O4/c1-16-3-7-18(8-4-16)24-11-13-25(14-12-24)20(26)15-23-22(28)21(27)17-5-9-19(29-2)10-6-17/h3-10H,11-15H2,1-2H3,(H,23,28). The SMILES string of the molecule is COc1ccc(C(=O)C(=O)NCC(=O)N2CCN(c3ccc(C)cc3)CC2)cc1. The first kappa shape index (κ1) is 20.4. The first-order chi connectivity index (χ1) is 14.0. The molecule has 7 nitrogen and oxygen atoms in total. The summed E-state index contributed by atoms with van der Waals surface area (Å²) in [6.45, 7) is 4.48. The van der Waals surface area contributed by atoms with Gasteiger partial charge in [-0.25, -0.2) is 0 Å². The van der Waals surface area contributed by atoms with Gasteiger partial charge in [-0.1, -0.05) is 17.7 Å². The number of Topliss-reactive ketones (excluding diaryl/α,β-unsaturated/α-hetero) is 1. The number of nitrogens with one attached hydrogen (secondary N) is 1. The Labute approximate surface area is 170 Å². The molecule has 0 atom stereocenters. The van der Waals surface area contributed by atoms with E-state index in [9.17, 15) is 14.4 Å². The number of amides is 2. The zero-order valence-corrected chi connectivity index (χ0v) is 16.7. The molecule has 1 aliphatic rings. The van der Waals surface area contributed by atoms with Crippen LogP contribution in [0.4, 0.5) is 5.69 Å². The van der Waals surface area contributed by atoms with E-state index in [1.54, 1.807) is 17.0 Å². The Morgan fingerprint density at radius 3 is 2.14 bits per heavy atom. The molecule has 0 spiro atoms. The number of methoxy groups -OCH3 is 1. The maximum Gasteiger partial charge on any atom is 0.292 e. The van der Waals surface area contributed by atoms with E-state index < -0.39 is 11.7 Å². The summed E-state index contributed by atoms with van der Waals surface area (Å²) in [5.41, 5.74) is 2.60. The van der Waals surface area contributed by atoms with Gasteiger partial charge in [-0.05, 0) is 43.3 Å². The van der Waals surface area contributed by atoms with Crippen LogP contribution < -0.4 is 15.0 Å². The van der Waals surface area contributed by atoms with Gasteiger partial charge in [0.15, 0.2) is 0 Å². The van der Waals surface area contributed by atoms with E-state index in [0.717, 1.165) is 18.8 Å². The highest BCUT2D eigenvalue weighted by molar-refractivity contribution is 6.43. The van der Waals surface area contributed by atoms with Crippen molar-refractivity contribution in [3.63, 3.8) is 0 Å². The predicted octanol–water partition coefficient (Wildman–Crippen LogP) is 1.65. The third-order valence-electron chi connectivity index (χ3n) is 4.99. The number of rotatable bonds is 6. The summed E-state index contributed by atoms with van der Waals surface area (Å²) in [6.07, 6.45) is 0. The maximum absolute atomic E-state index is 12.4. The Kier molecular flexibility index (Phi) is 6.49. The van der Waals surface area contributed by atoms with Crippen molar-refractivity contribution in [3.05, 3.63) is 59.7 Å². The van der Waals surface area contributed by atoms with E-state index in [1.807, 2.05) is 6.92 Å². The molecule has 1 aliphatic heterocycles. The van der Waals surface area contributed by atoms with Crippen LogP contribution >= 0.6 is 0 Å². The minimum Gasteiger partial charge on any atom is -0.497 e. The molecule has 1 N–H and O–H groups in total. The van der Waals surface area contributed by atoms with Gasteiger partial charge >= 0.3 is 0 Å². The van der Waals surface area contributed by atoms with Crippen molar-refractivity contribution in [2.75, 3.05) is 44.7 Å². The van der Waals surface area contributed by atoms with Crippen LogP contribution in [0.1, 0.15) is 15.9 Å². The first-order valence-electron chi connectivity index (χ1n) is 9.54. The second-order valence-corrected chi connectivity index (χ2v) is 6.94. The number of benzene rings is 2. The van der Waals surface area contributed by atoms with Gasteiger partial charge in [0.1, 0.15) is 5.75 Å². The average molecular weight is 395 g/mol. The highest BCUT2D eigenvalue weighted by Gasteiger charge is 2.23. The fourth-order valence-corrected chi connectivity index (χ4v) is 3.19. The second kappa shape index (κ2) is 9.23. The number of piperazine rings is 1. The fourth-order valence-electron chi connectivity index (χ4n) is 3.19. The summed E-state index contributed by atoms with van der Waals surface area (Å²) in [5.74, 6) is -1.06. The first-order valence-corrected chi connectivity index (χ1v) is 9.54. The summed E-state index contributed by atoms with van der Waals surface area (Å²) in [5, 5.41) is 2.43. The molecular formula is C22H25N3O4. The molecule has 2 amide bonds. The lowest BCUT2D eigenvalue weighted by Gasteiger charge is -2.36. The van der Waals surface area contributed by atoms with Crippen molar-refractivity contribution in [2.24, 2.45) is 0 Å². The van der Waals surface area contributed by atoms with Crippen LogP contribution in [-0.4, -0.2) is 62.3 Å². The third kappa shape index (κ3) is 5.13. The largest absolute Gasteiger partial charge is 0.497 e. The Hall–Kier alpha value is -3.35. The molecule has 152 valence electrons. The lowest BCUT2D eigenvalue weighted by Crippen LogP contribution is -2.51. The van der Waals surface area contributed by atoms with Gasteiger partial charge in [-0.2, -0.15) is 0 Å². The van der Waals surface area contributed by atoms with E-state index in [1.165, 1.54) is 24.8 Å². The molecule has 0 saturated carbocycles. The van der Waals surface area contributed by atoms with E-state index in [2.05, 4.69) is 34.5 Å². The normalized spacial score (nSPS) is 13.7. The van der Waals surface area contributed by atoms with Gasteiger partial charge in [-0.15, -0.1) is 0 Å². The molecule has 0 aromatic heterocycles. The van der Waals surface area contributed by atoms with Gasteiger partial charge < -0.3 is 19.9 Å². The van der Waals surface area contributed by atoms with Gasteiger partial charge in [0, 0.05) is 37.4 Å². The molecule has 1 fully saturated rings. The Balaban J connectivity index is 1.46. The molecule has 0 unspecified atom stereocenters. The van der Waals surface area contributed by atoms with E-state index in [-0.39, 0.29) is 18.0 Å². The van der Waals surface area contributed by atoms with Crippen LogP contribution in [0.15, 0.2) is 48.5 Å². The summed E-state index contributed by atoms with van der Waals surface area (Å²) < 4.78 is 5.03. The molecule has 1 heterocycles. The molecule has 0 radical (unpaired) electrons. The molecule has 3 rings (SSSR count). The number of hydrogen-bond donors (Lipinski definition) is 1. The van der Waals surface area contributed by atoms with Crippen LogP contribution in [-0.2, 0) is 9.59 Å². The molecule has 2 aromatic rings. The number of aryl methyl sites for hydroxylation is 1.